The van der Waals surface area contributed by atoms with Crippen LogP contribution in [0.1, 0.15) is 31.7 Å². The summed E-state index contributed by atoms with van der Waals surface area (Å²) in [5.74, 6) is 1.62. The molecule has 4 nitrogen and oxygen atoms in total. The first kappa shape index (κ1) is 15.8. The number of hydrogen-bond donors (Lipinski definition) is 0. The van der Waals surface area contributed by atoms with E-state index in [1.807, 2.05) is 42.4 Å². The molecule has 0 unspecified atom stereocenters. The highest BCUT2D eigenvalue weighted by atomic mass is 16.2. The van der Waals surface area contributed by atoms with Gasteiger partial charge in [0.1, 0.15) is 5.82 Å². The molecule has 0 aliphatic heterocycles. The third-order valence-electron chi connectivity index (χ3n) is 5.17. The minimum absolute atomic E-state index is 0.275. The Kier molecular flexibility index (Phi) is 4.24. The van der Waals surface area contributed by atoms with E-state index in [0.29, 0.717) is 5.92 Å². The molecule has 1 aromatic heterocycles. The number of aromatic nitrogens is 2. The summed E-state index contributed by atoms with van der Waals surface area (Å²) in [6.45, 7) is 8.50. The average molecular weight is 311 g/mol. The molecule has 1 aliphatic carbocycles. The molecule has 0 N–H and O–H groups in total. The summed E-state index contributed by atoms with van der Waals surface area (Å²) in [5, 5.41) is 0. The van der Waals surface area contributed by atoms with Gasteiger partial charge in [-0.15, -0.1) is 0 Å². The minimum Gasteiger partial charge on any atom is -0.342 e. The van der Waals surface area contributed by atoms with Gasteiger partial charge >= 0.3 is 0 Å². The van der Waals surface area contributed by atoms with Gasteiger partial charge in [0.05, 0.1) is 5.41 Å². The van der Waals surface area contributed by atoms with Gasteiger partial charge in [-0.2, -0.15) is 0 Å². The number of imidazole rings is 1. The largest absolute Gasteiger partial charge is 0.342 e. The summed E-state index contributed by atoms with van der Waals surface area (Å²) in [6, 6.07) is 10.3. The molecule has 1 aliphatic rings. The maximum atomic E-state index is 13.2. The van der Waals surface area contributed by atoms with Crippen LogP contribution >= 0.6 is 0 Å². The van der Waals surface area contributed by atoms with E-state index in [9.17, 15) is 4.79 Å². The Morgan fingerprint density at radius 2 is 2.00 bits per heavy atom. The fraction of sp³-hybridized carbons (Fsp3) is 0.474. The van der Waals surface area contributed by atoms with Crippen LogP contribution in [0.5, 0.6) is 0 Å². The molecule has 2 aromatic rings. The Labute approximate surface area is 138 Å². The van der Waals surface area contributed by atoms with Crippen molar-refractivity contribution in [3.05, 3.63) is 54.1 Å². The van der Waals surface area contributed by atoms with Crippen molar-refractivity contribution in [2.45, 2.75) is 39.2 Å². The van der Waals surface area contributed by atoms with E-state index in [1.54, 1.807) is 0 Å². The molecule has 1 amide bonds. The van der Waals surface area contributed by atoms with Crippen molar-refractivity contribution in [3.8, 4) is 0 Å². The third-order valence-corrected chi connectivity index (χ3v) is 5.17. The molecule has 1 fully saturated rings. The Morgan fingerprint density at radius 3 is 2.57 bits per heavy atom. The van der Waals surface area contributed by atoms with Crippen molar-refractivity contribution >= 4 is 5.91 Å². The highest BCUT2D eigenvalue weighted by molar-refractivity contribution is 5.92. The lowest BCUT2D eigenvalue weighted by Gasteiger charge is -2.26. The summed E-state index contributed by atoms with van der Waals surface area (Å²) < 4.78 is 2.16. The van der Waals surface area contributed by atoms with Gasteiger partial charge in [0, 0.05) is 32.0 Å². The van der Waals surface area contributed by atoms with Crippen LogP contribution in [0.25, 0.3) is 0 Å². The molecule has 0 saturated heterocycles. The zero-order valence-corrected chi connectivity index (χ0v) is 14.2. The van der Waals surface area contributed by atoms with Gasteiger partial charge < -0.3 is 9.47 Å². The molecule has 0 spiro atoms. The predicted molar refractivity (Wildman–Crippen MR) is 91.1 cm³/mol. The lowest BCUT2D eigenvalue weighted by atomic mass is 9.91. The van der Waals surface area contributed by atoms with Crippen molar-refractivity contribution in [3.63, 3.8) is 0 Å². The monoisotopic (exact) mass is 311 g/mol. The first-order valence-corrected chi connectivity index (χ1v) is 8.46. The molecule has 2 atom stereocenters. The van der Waals surface area contributed by atoms with Gasteiger partial charge in [0.25, 0.3) is 0 Å². The Balaban J connectivity index is 1.91. The van der Waals surface area contributed by atoms with Gasteiger partial charge in [-0.1, -0.05) is 30.3 Å². The number of amides is 1. The zero-order chi connectivity index (χ0) is 16.4. The molecule has 23 heavy (non-hydrogen) atoms. The second-order valence-electron chi connectivity index (χ2n) is 6.34. The zero-order valence-electron chi connectivity index (χ0n) is 14.2. The Hall–Kier alpha value is -2.10. The number of rotatable bonds is 6. The number of benzene rings is 1. The van der Waals surface area contributed by atoms with Crippen molar-refractivity contribution in [2.75, 3.05) is 13.1 Å². The lowest BCUT2D eigenvalue weighted by molar-refractivity contribution is -0.134. The SMILES string of the molecule is CCN(CC)C(=O)[C@@]1(c2ccccc2)C[C@H]1Cn1ccnc1C. The van der Waals surface area contributed by atoms with E-state index in [1.165, 1.54) is 0 Å². The van der Waals surface area contributed by atoms with Gasteiger partial charge in [-0.05, 0) is 38.7 Å². The summed E-state index contributed by atoms with van der Waals surface area (Å²) >= 11 is 0. The quantitative estimate of drug-likeness (QED) is 0.822. The number of likely N-dealkylation sites (N-methyl/N-ethyl adjacent to an activating group) is 1. The van der Waals surface area contributed by atoms with Gasteiger partial charge in [-0.3, -0.25) is 4.79 Å². The van der Waals surface area contributed by atoms with Gasteiger partial charge in [0.2, 0.25) is 5.91 Å². The number of nitrogens with zero attached hydrogens (tertiary/aromatic N) is 3. The maximum Gasteiger partial charge on any atom is 0.233 e. The predicted octanol–water partition coefficient (Wildman–Crippen LogP) is 3.02. The maximum absolute atomic E-state index is 13.2. The van der Waals surface area contributed by atoms with Crippen LogP contribution in [0.2, 0.25) is 0 Å². The van der Waals surface area contributed by atoms with Crippen LogP contribution in [-0.4, -0.2) is 33.4 Å². The van der Waals surface area contributed by atoms with Crippen LogP contribution < -0.4 is 0 Å². The van der Waals surface area contributed by atoms with E-state index in [0.717, 1.165) is 37.4 Å². The van der Waals surface area contributed by atoms with Gasteiger partial charge in [0.15, 0.2) is 0 Å². The molecular formula is C19H25N3O. The first-order chi connectivity index (χ1) is 11.1. The summed E-state index contributed by atoms with van der Waals surface area (Å²) in [6.07, 6.45) is 4.75. The fourth-order valence-corrected chi connectivity index (χ4v) is 3.65. The Bertz CT molecular complexity index is 675. The fourth-order valence-electron chi connectivity index (χ4n) is 3.65. The molecule has 122 valence electrons. The highest BCUT2D eigenvalue weighted by Gasteiger charge is 2.61. The van der Waals surface area contributed by atoms with E-state index >= 15 is 0 Å². The van der Waals surface area contributed by atoms with Crippen molar-refractivity contribution in [1.29, 1.82) is 0 Å². The number of hydrogen-bond acceptors (Lipinski definition) is 2. The van der Waals surface area contributed by atoms with Crippen molar-refractivity contribution in [2.24, 2.45) is 5.92 Å². The normalized spacial score (nSPS) is 22.8. The molecular weight excluding hydrogens is 286 g/mol. The van der Waals surface area contributed by atoms with Gasteiger partial charge in [-0.25, -0.2) is 4.98 Å². The molecule has 1 saturated carbocycles. The van der Waals surface area contributed by atoms with E-state index in [4.69, 9.17) is 0 Å². The molecule has 3 rings (SSSR count). The van der Waals surface area contributed by atoms with E-state index in [-0.39, 0.29) is 11.3 Å². The lowest BCUT2D eigenvalue weighted by Crippen LogP contribution is -2.40. The summed E-state index contributed by atoms with van der Waals surface area (Å²) in [5.41, 5.74) is 0.795. The van der Waals surface area contributed by atoms with Crippen molar-refractivity contribution in [1.82, 2.24) is 14.5 Å². The topological polar surface area (TPSA) is 38.1 Å². The molecule has 1 heterocycles. The highest BCUT2D eigenvalue weighted by Crippen LogP contribution is 2.56. The first-order valence-electron chi connectivity index (χ1n) is 8.46. The van der Waals surface area contributed by atoms with Crippen LogP contribution in [0.4, 0.5) is 0 Å². The van der Waals surface area contributed by atoms with Crippen LogP contribution in [0, 0.1) is 12.8 Å². The van der Waals surface area contributed by atoms with E-state index in [2.05, 4.69) is 35.5 Å². The third kappa shape index (κ3) is 2.67. The van der Waals surface area contributed by atoms with E-state index < -0.39 is 0 Å². The number of carbonyl (C=O) groups excluding carboxylic acids is 1. The number of carbonyl (C=O) groups is 1. The number of aryl methyl sites for hydroxylation is 1. The van der Waals surface area contributed by atoms with Crippen LogP contribution in [-0.2, 0) is 16.8 Å². The molecule has 4 heteroatoms. The second kappa shape index (κ2) is 6.19. The Morgan fingerprint density at radius 1 is 1.30 bits per heavy atom. The second-order valence-corrected chi connectivity index (χ2v) is 6.34. The van der Waals surface area contributed by atoms with Crippen LogP contribution in [0.15, 0.2) is 42.7 Å². The summed E-state index contributed by atoms with van der Waals surface area (Å²) in [7, 11) is 0. The standard InChI is InChI=1S/C19H25N3O/c1-4-21(5-2)18(23)19(16-9-7-6-8-10-16)13-17(19)14-22-12-11-20-15(22)3/h6-12,17H,4-5,13-14H2,1-3H3/t17-,19+/m0/s1. The van der Waals surface area contributed by atoms with Crippen LogP contribution in [0.3, 0.4) is 0 Å². The molecule has 0 bridgehead atoms. The smallest absolute Gasteiger partial charge is 0.233 e. The summed E-state index contributed by atoms with van der Waals surface area (Å²) in [4.78, 5) is 19.5. The molecule has 1 aromatic carbocycles. The van der Waals surface area contributed by atoms with Crippen molar-refractivity contribution < 1.29 is 4.79 Å². The average Bonchev–Trinajstić information content (AvgIpc) is 3.17. The minimum atomic E-state index is -0.357. The molecule has 0 radical (unpaired) electrons.